The largest absolute Gasteiger partial charge is 0.492 e. The summed E-state index contributed by atoms with van der Waals surface area (Å²) in [6, 6.07) is 7.97. The number of benzene rings is 1. The second kappa shape index (κ2) is 10.6. The quantitative estimate of drug-likeness (QED) is 0.467. The molecule has 0 aliphatic carbocycles. The average Bonchev–Trinajstić information content (AvgIpc) is 3.41. The molecule has 0 spiro atoms. The lowest BCUT2D eigenvalue weighted by molar-refractivity contribution is 0.0376. The fourth-order valence-electron chi connectivity index (χ4n) is 4.11. The Morgan fingerprint density at radius 1 is 1.30 bits per heavy atom. The van der Waals surface area contributed by atoms with E-state index in [1.165, 1.54) is 11.3 Å². The van der Waals surface area contributed by atoms with Crippen molar-refractivity contribution in [3.05, 3.63) is 35.7 Å². The molecule has 4 rings (SSSR count). The second-order valence-corrected chi connectivity index (χ2v) is 9.52. The highest BCUT2D eigenvalue weighted by molar-refractivity contribution is 7.22. The summed E-state index contributed by atoms with van der Waals surface area (Å²) in [6.45, 7) is 13.6. The first-order valence-electron chi connectivity index (χ1n) is 11.7. The molecule has 1 aliphatic heterocycles. The third-order valence-electron chi connectivity index (χ3n) is 5.74. The van der Waals surface area contributed by atoms with Gasteiger partial charge in [0.2, 0.25) is 0 Å². The molecule has 0 saturated carbocycles. The minimum atomic E-state index is -0.114. The Morgan fingerprint density at radius 2 is 2.09 bits per heavy atom. The van der Waals surface area contributed by atoms with Gasteiger partial charge in [0.1, 0.15) is 11.3 Å². The molecular formula is C24H33N5O3S. The number of nitrogens with zero attached hydrogens (tertiary/aromatic N) is 5. The number of amides is 1. The van der Waals surface area contributed by atoms with Gasteiger partial charge in [-0.3, -0.25) is 19.3 Å². The second-order valence-electron chi connectivity index (χ2n) is 8.51. The van der Waals surface area contributed by atoms with Gasteiger partial charge >= 0.3 is 0 Å². The standard InChI is InChI=1S/C24H33N5O3S/c1-5-32-20-8-6-9-21-22(20)25-24(33-21)28(11-7-10-27-12-14-31-15-13-27)23(30)19-16-18(4)29(26-19)17(2)3/h6,8-9,16-17H,5,7,10-15H2,1-4H3. The third kappa shape index (κ3) is 5.37. The van der Waals surface area contributed by atoms with Crippen molar-refractivity contribution in [2.75, 3.05) is 50.9 Å². The van der Waals surface area contributed by atoms with E-state index in [4.69, 9.17) is 14.5 Å². The van der Waals surface area contributed by atoms with Crippen molar-refractivity contribution in [2.24, 2.45) is 0 Å². The van der Waals surface area contributed by atoms with Gasteiger partial charge in [-0.25, -0.2) is 4.98 Å². The lowest BCUT2D eigenvalue weighted by atomic mass is 10.3. The number of morpholine rings is 1. The van der Waals surface area contributed by atoms with Crippen LogP contribution in [0.1, 0.15) is 49.4 Å². The molecule has 3 heterocycles. The molecule has 1 aromatic carbocycles. The summed E-state index contributed by atoms with van der Waals surface area (Å²) in [5, 5.41) is 5.29. The first-order chi connectivity index (χ1) is 16.0. The number of hydrogen-bond acceptors (Lipinski definition) is 7. The summed E-state index contributed by atoms with van der Waals surface area (Å²) in [4.78, 5) is 22.7. The van der Waals surface area contributed by atoms with Gasteiger partial charge in [0.25, 0.3) is 5.91 Å². The van der Waals surface area contributed by atoms with Crippen molar-refractivity contribution in [2.45, 2.75) is 40.2 Å². The molecule has 1 saturated heterocycles. The number of para-hydroxylation sites is 1. The van der Waals surface area contributed by atoms with Crippen LogP contribution >= 0.6 is 11.3 Å². The molecule has 33 heavy (non-hydrogen) atoms. The predicted octanol–water partition coefficient (Wildman–Crippen LogP) is 4.15. The van der Waals surface area contributed by atoms with Gasteiger partial charge in [0, 0.05) is 37.9 Å². The van der Waals surface area contributed by atoms with Crippen LogP contribution in [0, 0.1) is 6.92 Å². The fourth-order valence-corrected chi connectivity index (χ4v) is 5.12. The van der Waals surface area contributed by atoms with E-state index < -0.39 is 0 Å². The first-order valence-corrected chi connectivity index (χ1v) is 12.5. The van der Waals surface area contributed by atoms with Gasteiger partial charge in [0.15, 0.2) is 10.8 Å². The maximum absolute atomic E-state index is 13.7. The summed E-state index contributed by atoms with van der Waals surface area (Å²) in [6.07, 6.45) is 0.851. The number of hydrogen-bond donors (Lipinski definition) is 0. The molecule has 0 bridgehead atoms. The minimum Gasteiger partial charge on any atom is -0.492 e. The molecule has 0 unspecified atom stereocenters. The van der Waals surface area contributed by atoms with Crippen molar-refractivity contribution in [1.29, 1.82) is 0 Å². The van der Waals surface area contributed by atoms with E-state index >= 15 is 0 Å². The van der Waals surface area contributed by atoms with Crippen molar-refractivity contribution >= 4 is 32.6 Å². The molecule has 0 atom stereocenters. The van der Waals surface area contributed by atoms with Crippen LogP contribution in [0.3, 0.4) is 0 Å². The van der Waals surface area contributed by atoms with Crippen molar-refractivity contribution in [3.63, 3.8) is 0 Å². The van der Waals surface area contributed by atoms with Crippen LogP contribution in [0.5, 0.6) is 5.75 Å². The van der Waals surface area contributed by atoms with Gasteiger partial charge < -0.3 is 9.47 Å². The Balaban J connectivity index is 1.62. The zero-order valence-corrected chi connectivity index (χ0v) is 20.7. The summed E-state index contributed by atoms with van der Waals surface area (Å²) < 4.78 is 14.1. The van der Waals surface area contributed by atoms with Crippen LogP contribution in [0.4, 0.5) is 5.13 Å². The van der Waals surface area contributed by atoms with Crippen molar-refractivity contribution < 1.29 is 14.3 Å². The van der Waals surface area contributed by atoms with E-state index in [9.17, 15) is 4.79 Å². The molecular weight excluding hydrogens is 438 g/mol. The summed E-state index contributed by atoms with van der Waals surface area (Å²) in [5.41, 5.74) is 2.23. The Bertz CT molecular complexity index is 1090. The molecule has 3 aromatic rings. The monoisotopic (exact) mass is 471 g/mol. The van der Waals surface area contributed by atoms with E-state index in [-0.39, 0.29) is 11.9 Å². The smallest absolute Gasteiger partial charge is 0.280 e. The topological polar surface area (TPSA) is 72.7 Å². The lowest BCUT2D eigenvalue weighted by Crippen LogP contribution is -2.39. The number of carbonyl (C=O) groups is 1. The van der Waals surface area contributed by atoms with Gasteiger partial charge in [-0.2, -0.15) is 5.10 Å². The van der Waals surface area contributed by atoms with Crippen LogP contribution in [0.2, 0.25) is 0 Å². The molecule has 178 valence electrons. The minimum absolute atomic E-state index is 0.114. The maximum atomic E-state index is 13.7. The SMILES string of the molecule is CCOc1cccc2sc(N(CCCN3CCOCC3)C(=O)c3cc(C)n(C(C)C)n3)nc12. The molecule has 1 amide bonds. The number of aryl methyl sites for hydroxylation is 1. The van der Waals surface area contributed by atoms with E-state index in [0.717, 1.165) is 60.9 Å². The average molecular weight is 472 g/mol. The first kappa shape index (κ1) is 23.7. The number of anilines is 1. The Labute approximate surface area is 199 Å². The van der Waals surface area contributed by atoms with Crippen molar-refractivity contribution in [1.82, 2.24) is 19.7 Å². The van der Waals surface area contributed by atoms with E-state index in [0.29, 0.717) is 24.0 Å². The highest BCUT2D eigenvalue weighted by atomic mass is 32.1. The lowest BCUT2D eigenvalue weighted by Gasteiger charge is -2.27. The molecule has 8 nitrogen and oxygen atoms in total. The molecule has 9 heteroatoms. The van der Waals surface area contributed by atoms with Gasteiger partial charge in [-0.1, -0.05) is 17.4 Å². The summed E-state index contributed by atoms with van der Waals surface area (Å²) >= 11 is 1.52. The van der Waals surface area contributed by atoms with Gasteiger partial charge in [0.05, 0.1) is 24.5 Å². The Kier molecular flexibility index (Phi) is 7.62. The van der Waals surface area contributed by atoms with Crippen LogP contribution < -0.4 is 9.64 Å². The summed E-state index contributed by atoms with van der Waals surface area (Å²) in [7, 11) is 0. The van der Waals surface area contributed by atoms with E-state index in [2.05, 4.69) is 23.8 Å². The Morgan fingerprint density at radius 3 is 2.79 bits per heavy atom. The van der Waals surface area contributed by atoms with E-state index in [1.54, 1.807) is 4.90 Å². The molecule has 2 aromatic heterocycles. The van der Waals surface area contributed by atoms with E-state index in [1.807, 2.05) is 42.8 Å². The molecule has 0 radical (unpaired) electrons. The number of carbonyl (C=O) groups excluding carboxylic acids is 1. The maximum Gasteiger partial charge on any atom is 0.280 e. The van der Waals surface area contributed by atoms with Crippen LogP contribution in [-0.4, -0.2) is 71.6 Å². The zero-order valence-electron chi connectivity index (χ0n) is 19.9. The summed E-state index contributed by atoms with van der Waals surface area (Å²) in [5.74, 6) is 0.634. The highest BCUT2D eigenvalue weighted by Crippen LogP contribution is 2.35. The predicted molar refractivity (Wildman–Crippen MR) is 132 cm³/mol. The Hall–Kier alpha value is -2.49. The van der Waals surface area contributed by atoms with Gasteiger partial charge in [-0.05, 0) is 52.3 Å². The van der Waals surface area contributed by atoms with Crippen LogP contribution in [-0.2, 0) is 4.74 Å². The molecule has 1 aliphatic rings. The van der Waals surface area contributed by atoms with Crippen LogP contribution in [0.25, 0.3) is 10.2 Å². The molecule has 0 N–H and O–H groups in total. The van der Waals surface area contributed by atoms with Crippen molar-refractivity contribution in [3.8, 4) is 5.75 Å². The number of thiazole rings is 1. The molecule has 1 fully saturated rings. The van der Waals surface area contributed by atoms with Crippen LogP contribution in [0.15, 0.2) is 24.3 Å². The fraction of sp³-hybridized carbons (Fsp3) is 0.542. The number of rotatable bonds is 9. The zero-order chi connectivity index (χ0) is 23.4. The number of fused-ring (bicyclic) bond motifs is 1. The van der Waals surface area contributed by atoms with Gasteiger partial charge in [-0.15, -0.1) is 0 Å². The third-order valence-corrected chi connectivity index (χ3v) is 6.78. The number of ether oxygens (including phenoxy) is 2. The highest BCUT2D eigenvalue weighted by Gasteiger charge is 2.25. The number of aromatic nitrogens is 3. The normalized spacial score (nSPS) is 14.8.